The summed E-state index contributed by atoms with van der Waals surface area (Å²) in [4.78, 5) is 35.7. The lowest BCUT2D eigenvalue weighted by Crippen LogP contribution is -2.60. The average Bonchev–Trinajstić information content (AvgIpc) is 3.71. The number of hydrogen-bond acceptors (Lipinski definition) is 10. The quantitative estimate of drug-likeness (QED) is 0.107. The lowest BCUT2D eigenvalue weighted by Gasteiger charge is -2.39. The molecule has 0 aliphatic heterocycles. The summed E-state index contributed by atoms with van der Waals surface area (Å²) >= 11 is 0. The molecule has 0 saturated heterocycles. The summed E-state index contributed by atoms with van der Waals surface area (Å²) in [6.07, 6.45) is 1.11. The van der Waals surface area contributed by atoms with Gasteiger partial charge >= 0.3 is 11.9 Å². The molecule has 1 amide bonds. The number of phenolic OH excluding ortho intramolecular Hbond substituents is 4. The second-order valence-corrected chi connectivity index (χ2v) is 9.81. The first-order valence-corrected chi connectivity index (χ1v) is 12.5. The van der Waals surface area contributed by atoms with Crippen molar-refractivity contribution < 1.29 is 54.5 Å². The largest absolute Gasteiger partial charge is 0.510 e. The third kappa shape index (κ3) is 7.10. The molecule has 0 spiro atoms. The van der Waals surface area contributed by atoms with E-state index < -0.39 is 60.3 Å². The number of ether oxygens (including phenoxy) is 2. The summed E-state index contributed by atoms with van der Waals surface area (Å²) < 4.78 is 10.9. The van der Waals surface area contributed by atoms with Crippen molar-refractivity contribution >= 4 is 30.0 Å². The van der Waals surface area contributed by atoms with Crippen LogP contribution in [0.25, 0.3) is 12.2 Å². The van der Waals surface area contributed by atoms with Crippen molar-refractivity contribution in [3.05, 3.63) is 59.7 Å². The number of aliphatic hydroxyl groups is 2. The van der Waals surface area contributed by atoms with Gasteiger partial charge in [0.2, 0.25) is 6.10 Å². The van der Waals surface area contributed by atoms with Crippen LogP contribution >= 0.6 is 0 Å². The van der Waals surface area contributed by atoms with Crippen LogP contribution in [0.3, 0.4) is 0 Å². The molecule has 2 saturated carbocycles. The van der Waals surface area contributed by atoms with Gasteiger partial charge in [-0.1, -0.05) is 12.1 Å². The number of amides is 1. The Morgan fingerprint density at radius 1 is 0.875 bits per heavy atom. The Hall–Kier alpha value is -4.55. The molecule has 0 bridgehead atoms. The predicted molar refractivity (Wildman–Crippen MR) is 141 cm³/mol. The van der Waals surface area contributed by atoms with Crippen LogP contribution in [0.15, 0.2) is 48.6 Å². The van der Waals surface area contributed by atoms with Gasteiger partial charge in [-0.25, -0.2) is 4.79 Å². The van der Waals surface area contributed by atoms with E-state index in [9.17, 15) is 45.0 Å². The third-order valence-corrected chi connectivity index (χ3v) is 6.52. The molecule has 2 aromatic carbocycles. The van der Waals surface area contributed by atoms with Crippen molar-refractivity contribution in [1.82, 2.24) is 5.32 Å². The molecule has 2 fully saturated rings. The van der Waals surface area contributed by atoms with Crippen LogP contribution in [0, 0.1) is 0 Å². The van der Waals surface area contributed by atoms with Crippen molar-refractivity contribution in [3.63, 3.8) is 0 Å². The Morgan fingerprint density at radius 3 is 2.00 bits per heavy atom. The van der Waals surface area contributed by atoms with E-state index in [-0.39, 0.29) is 23.3 Å². The number of nitrogens with one attached hydrogen (secondary N) is 1. The molecule has 0 aromatic heterocycles. The minimum absolute atomic E-state index is 0.0716. The molecule has 212 valence electrons. The molecule has 4 rings (SSSR count). The van der Waals surface area contributed by atoms with Gasteiger partial charge in [-0.2, -0.15) is 0 Å². The standard InChI is InChI=1S/C28H29NO11/c30-18-7-1-15(11-20(18)32)3-9-24(35)39-23-14-28(38,27(37)29-17-5-6-17)13-22(34)26(23)40-25(36)10-4-16-2-8-19(31)21(33)12-16/h1-4,7-12,17,22-23,26,30-34,38H,5-6,13-14H2,(H,29,37)/p+1/b9-3+,10-4+/t22?,23?,26?,28-/m1/s1. The highest BCUT2D eigenvalue weighted by Gasteiger charge is 2.55. The van der Waals surface area contributed by atoms with Gasteiger partial charge in [0.05, 0.1) is 12.5 Å². The number of carbonyl (C=O) groups is 2. The van der Waals surface area contributed by atoms with E-state index in [1.165, 1.54) is 48.6 Å². The predicted octanol–water partition coefficient (Wildman–Crippen LogP) is 1.20. The summed E-state index contributed by atoms with van der Waals surface area (Å²) in [5.74, 6) is -3.78. The number of benzene rings is 2. The van der Waals surface area contributed by atoms with Crippen LogP contribution in [0.4, 0.5) is 0 Å². The Labute approximate surface area is 228 Å². The molecule has 2 aliphatic carbocycles. The zero-order valence-electron chi connectivity index (χ0n) is 21.2. The molecular formula is C28H30NO11+. The van der Waals surface area contributed by atoms with Crippen LogP contribution in [0.1, 0.15) is 36.8 Å². The van der Waals surface area contributed by atoms with Crippen LogP contribution in [0.2, 0.25) is 0 Å². The normalized spacial score (nSPS) is 24.6. The topological polar surface area (TPSA) is 207 Å². The van der Waals surface area contributed by atoms with E-state index in [2.05, 4.69) is 5.32 Å². The average molecular weight is 557 g/mol. The molecule has 8 N–H and O–H groups in total. The molecule has 12 nitrogen and oxygen atoms in total. The number of aromatic hydroxyl groups is 4. The maximum Gasteiger partial charge on any atom is 0.510 e. The van der Waals surface area contributed by atoms with Crippen LogP contribution in [-0.2, 0) is 19.1 Å². The molecule has 2 aliphatic rings. The van der Waals surface area contributed by atoms with Crippen molar-refractivity contribution in [2.75, 3.05) is 0 Å². The number of phenols is 4. The highest BCUT2D eigenvalue weighted by Crippen LogP contribution is 2.34. The molecule has 40 heavy (non-hydrogen) atoms. The fraction of sp³-hybridized carbons (Fsp3) is 0.321. The lowest BCUT2D eigenvalue weighted by molar-refractivity contribution is -0.186. The highest BCUT2D eigenvalue weighted by atomic mass is 16.6. The van der Waals surface area contributed by atoms with Crippen molar-refractivity contribution in [2.24, 2.45) is 0 Å². The van der Waals surface area contributed by atoms with Crippen LogP contribution < -0.4 is 5.32 Å². The summed E-state index contributed by atoms with van der Waals surface area (Å²) in [5, 5.41) is 62.7. The van der Waals surface area contributed by atoms with Gasteiger partial charge in [0.15, 0.2) is 34.7 Å². The van der Waals surface area contributed by atoms with E-state index >= 15 is 0 Å². The second kappa shape index (κ2) is 11.7. The van der Waals surface area contributed by atoms with E-state index in [1.807, 2.05) is 0 Å². The molecule has 4 atom stereocenters. The first-order valence-electron chi connectivity index (χ1n) is 12.5. The lowest BCUT2D eigenvalue weighted by atomic mass is 9.78. The summed E-state index contributed by atoms with van der Waals surface area (Å²) in [6.45, 7) is 0. The van der Waals surface area contributed by atoms with Gasteiger partial charge in [0.1, 0.15) is 6.10 Å². The number of hydrogen-bond donors (Lipinski definition) is 7. The van der Waals surface area contributed by atoms with Gasteiger partial charge in [-0.15, -0.1) is 0 Å². The fourth-order valence-electron chi connectivity index (χ4n) is 4.23. The molecule has 3 unspecified atom stereocenters. The molecule has 0 radical (unpaired) electrons. The Balaban J connectivity index is 1.50. The summed E-state index contributed by atoms with van der Waals surface area (Å²) in [6, 6.07) is 7.74. The SMILES string of the molecule is O=C(/C=C/c1ccc(O)c(O)c1)OC1C(O)C[C@](O)(C(=O)NC2CC2)CC1OC(=[OH+])/C=C/c1ccc(O)c(O)c1. The number of carbonyl (C=O) groups excluding carboxylic acids is 3. The Bertz CT molecular complexity index is 1350. The first kappa shape index (κ1) is 28.5. The van der Waals surface area contributed by atoms with E-state index in [4.69, 9.17) is 9.47 Å². The molecule has 0 heterocycles. The third-order valence-electron chi connectivity index (χ3n) is 6.52. The van der Waals surface area contributed by atoms with Gasteiger partial charge < -0.3 is 50.2 Å². The van der Waals surface area contributed by atoms with Crippen LogP contribution in [-0.4, -0.2) is 83.2 Å². The maximum absolute atomic E-state index is 12.7. The van der Waals surface area contributed by atoms with E-state index in [0.29, 0.717) is 11.1 Å². The number of aliphatic hydroxyl groups excluding tert-OH is 1. The number of rotatable bonds is 8. The smallest absolute Gasteiger partial charge is 0.504 e. The van der Waals surface area contributed by atoms with Crippen LogP contribution in [0.5, 0.6) is 23.0 Å². The maximum atomic E-state index is 12.7. The van der Waals surface area contributed by atoms with Crippen molar-refractivity contribution in [3.8, 4) is 23.0 Å². The first-order chi connectivity index (χ1) is 18.9. The number of esters is 2. The van der Waals surface area contributed by atoms with Gasteiger partial charge in [-0.05, 0) is 60.4 Å². The highest BCUT2D eigenvalue weighted by molar-refractivity contribution is 5.89. The Kier molecular flexibility index (Phi) is 8.31. The van der Waals surface area contributed by atoms with Gasteiger partial charge in [0, 0.05) is 18.5 Å². The van der Waals surface area contributed by atoms with E-state index in [0.717, 1.165) is 25.0 Å². The molecular weight excluding hydrogens is 526 g/mol. The monoisotopic (exact) mass is 556 g/mol. The zero-order valence-corrected chi connectivity index (χ0v) is 21.2. The van der Waals surface area contributed by atoms with E-state index in [1.54, 1.807) is 0 Å². The Morgan fingerprint density at radius 2 is 1.45 bits per heavy atom. The van der Waals surface area contributed by atoms with Crippen molar-refractivity contribution in [1.29, 1.82) is 0 Å². The fourth-order valence-corrected chi connectivity index (χ4v) is 4.23. The summed E-state index contributed by atoms with van der Waals surface area (Å²) in [5.41, 5.74) is -1.31. The zero-order chi connectivity index (χ0) is 29.0. The molecule has 12 heteroatoms. The molecule has 2 aromatic rings. The second-order valence-electron chi connectivity index (χ2n) is 9.81. The minimum Gasteiger partial charge on any atom is -0.504 e. The van der Waals surface area contributed by atoms with Crippen molar-refractivity contribution in [2.45, 2.75) is 55.6 Å². The minimum atomic E-state index is -2.07. The van der Waals surface area contributed by atoms with Gasteiger partial charge in [0.25, 0.3) is 5.91 Å². The summed E-state index contributed by atoms with van der Waals surface area (Å²) in [7, 11) is 0. The van der Waals surface area contributed by atoms with Gasteiger partial charge in [-0.3, -0.25) is 4.79 Å².